The van der Waals surface area contributed by atoms with Crippen LogP contribution in [0.1, 0.15) is 13.8 Å². The van der Waals surface area contributed by atoms with Crippen LogP contribution in [0.5, 0.6) is 0 Å². The number of hydrogen-bond acceptors (Lipinski definition) is 3. The molecule has 11 heavy (non-hydrogen) atoms. The fraction of sp³-hybridized carbons (Fsp3) is 0.714. The largest absolute Gasteiger partial charge is 0.447 e. The molecule has 0 unspecified atom stereocenters. The molecule has 1 N–H and O–H groups in total. The molecule has 1 aliphatic heterocycles. The van der Waals surface area contributed by atoms with Gasteiger partial charge in [-0.1, -0.05) is 13.8 Å². The first kappa shape index (κ1) is 8.04. The van der Waals surface area contributed by atoms with Gasteiger partial charge in [0.05, 0.1) is 0 Å². The first-order valence-corrected chi connectivity index (χ1v) is 3.58. The van der Waals surface area contributed by atoms with Gasteiger partial charge < -0.3 is 10.1 Å². The number of ketones is 1. The Hall–Kier alpha value is -1.06. The maximum Gasteiger partial charge on any atom is 0.407 e. The monoisotopic (exact) mass is 157 g/mol. The summed E-state index contributed by atoms with van der Waals surface area (Å²) in [7, 11) is 0. The van der Waals surface area contributed by atoms with E-state index in [1.807, 2.05) is 0 Å². The first-order valence-electron chi connectivity index (χ1n) is 3.58. The summed E-state index contributed by atoms with van der Waals surface area (Å²) in [5.41, 5.74) is 0. The third-order valence-electron chi connectivity index (χ3n) is 1.59. The van der Waals surface area contributed by atoms with Crippen molar-refractivity contribution in [2.45, 2.75) is 19.9 Å². The number of Topliss-reactive ketones (excluding diaryl/α,β-unsaturated/α-hetero) is 1. The number of hydrogen-bond donors (Lipinski definition) is 1. The lowest BCUT2D eigenvalue weighted by Crippen LogP contribution is -2.36. The zero-order valence-corrected chi connectivity index (χ0v) is 6.59. The first-order chi connectivity index (χ1) is 5.11. The van der Waals surface area contributed by atoms with Crippen molar-refractivity contribution in [1.29, 1.82) is 0 Å². The highest BCUT2D eigenvalue weighted by Crippen LogP contribution is 2.05. The van der Waals surface area contributed by atoms with Crippen LogP contribution in [0, 0.1) is 5.92 Å². The van der Waals surface area contributed by atoms with Crippen molar-refractivity contribution < 1.29 is 14.3 Å². The maximum atomic E-state index is 11.2. The number of carbonyl (C=O) groups excluding carboxylic acids is 2. The number of amides is 1. The lowest BCUT2D eigenvalue weighted by atomic mass is 10.0. The normalized spacial score (nSPS) is 23.2. The van der Waals surface area contributed by atoms with E-state index in [0.29, 0.717) is 0 Å². The van der Waals surface area contributed by atoms with Crippen molar-refractivity contribution in [3.63, 3.8) is 0 Å². The van der Waals surface area contributed by atoms with E-state index in [9.17, 15) is 9.59 Å². The van der Waals surface area contributed by atoms with Gasteiger partial charge in [-0.2, -0.15) is 0 Å². The van der Waals surface area contributed by atoms with Crippen LogP contribution >= 0.6 is 0 Å². The van der Waals surface area contributed by atoms with Crippen molar-refractivity contribution in [1.82, 2.24) is 5.32 Å². The molecule has 4 heteroatoms. The third-order valence-corrected chi connectivity index (χ3v) is 1.59. The van der Waals surface area contributed by atoms with Gasteiger partial charge in [-0.05, 0) is 0 Å². The Labute approximate surface area is 64.9 Å². The number of cyclic esters (lactones) is 1. The predicted octanol–water partition coefficient (Wildman–Crippen LogP) is 0.320. The van der Waals surface area contributed by atoms with Gasteiger partial charge >= 0.3 is 6.09 Å². The van der Waals surface area contributed by atoms with E-state index in [1.165, 1.54) is 0 Å². The molecule has 0 radical (unpaired) electrons. The highest BCUT2D eigenvalue weighted by atomic mass is 16.6. The van der Waals surface area contributed by atoms with Crippen LogP contribution in [0.2, 0.25) is 0 Å². The molecule has 0 bridgehead atoms. The Kier molecular flexibility index (Phi) is 2.12. The molecule has 0 saturated carbocycles. The van der Waals surface area contributed by atoms with E-state index in [2.05, 4.69) is 10.1 Å². The van der Waals surface area contributed by atoms with Gasteiger partial charge in [0.1, 0.15) is 12.6 Å². The summed E-state index contributed by atoms with van der Waals surface area (Å²) in [6.07, 6.45) is -0.496. The van der Waals surface area contributed by atoms with Crippen LogP contribution < -0.4 is 5.32 Å². The standard InChI is InChI=1S/C7H11NO3/c1-4(2)6(9)5-3-11-7(10)8-5/h4-5H,3H2,1-2H3,(H,8,10)/t5-/m1/s1. The summed E-state index contributed by atoms with van der Waals surface area (Å²) >= 11 is 0. The molecular formula is C7H11NO3. The molecule has 0 aliphatic carbocycles. The van der Waals surface area contributed by atoms with E-state index in [-0.39, 0.29) is 18.3 Å². The zero-order chi connectivity index (χ0) is 8.43. The Morgan fingerprint density at radius 2 is 2.36 bits per heavy atom. The fourth-order valence-corrected chi connectivity index (χ4v) is 0.940. The summed E-state index contributed by atoms with van der Waals surface area (Å²) in [6.45, 7) is 3.77. The van der Waals surface area contributed by atoms with Crippen molar-refractivity contribution in [3.8, 4) is 0 Å². The van der Waals surface area contributed by atoms with Crippen molar-refractivity contribution >= 4 is 11.9 Å². The summed E-state index contributed by atoms with van der Waals surface area (Å²) < 4.78 is 4.57. The van der Waals surface area contributed by atoms with E-state index in [4.69, 9.17) is 0 Å². The van der Waals surface area contributed by atoms with E-state index in [0.717, 1.165) is 0 Å². The number of alkyl carbamates (subject to hydrolysis) is 1. The Balaban J connectivity index is 2.50. The average molecular weight is 157 g/mol. The molecule has 1 aliphatic rings. The van der Waals surface area contributed by atoms with Gasteiger partial charge in [-0.25, -0.2) is 4.79 Å². The third kappa shape index (κ3) is 1.69. The number of nitrogens with one attached hydrogen (secondary N) is 1. The fourth-order valence-electron chi connectivity index (χ4n) is 0.940. The molecule has 62 valence electrons. The van der Waals surface area contributed by atoms with E-state index < -0.39 is 12.1 Å². The Morgan fingerprint density at radius 1 is 1.73 bits per heavy atom. The summed E-state index contributed by atoms with van der Waals surface area (Å²) in [6, 6.07) is -0.428. The molecule has 1 amide bonds. The van der Waals surface area contributed by atoms with Gasteiger partial charge in [0, 0.05) is 5.92 Å². The maximum absolute atomic E-state index is 11.2. The van der Waals surface area contributed by atoms with Crippen LogP contribution in [0.15, 0.2) is 0 Å². The van der Waals surface area contributed by atoms with Crippen LogP contribution in [-0.2, 0) is 9.53 Å². The highest BCUT2D eigenvalue weighted by Gasteiger charge is 2.29. The van der Waals surface area contributed by atoms with Crippen LogP contribution in [0.4, 0.5) is 4.79 Å². The van der Waals surface area contributed by atoms with Crippen molar-refractivity contribution in [2.24, 2.45) is 5.92 Å². The summed E-state index contributed by atoms with van der Waals surface area (Å²) in [5, 5.41) is 2.42. The van der Waals surface area contributed by atoms with Gasteiger partial charge in [0.2, 0.25) is 0 Å². The molecule has 4 nitrogen and oxygen atoms in total. The molecule has 0 aromatic carbocycles. The molecule has 1 atom stereocenters. The second kappa shape index (κ2) is 2.90. The number of ether oxygens (including phenoxy) is 1. The van der Waals surface area contributed by atoms with Crippen LogP contribution in [-0.4, -0.2) is 24.5 Å². The topological polar surface area (TPSA) is 55.4 Å². The van der Waals surface area contributed by atoms with Crippen molar-refractivity contribution in [2.75, 3.05) is 6.61 Å². The molecule has 1 rings (SSSR count). The van der Waals surface area contributed by atoms with Crippen LogP contribution in [0.25, 0.3) is 0 Å². The van der Waals surface area contributed by atoms with Crippen molar-refractivity contribution in [3.05, 3.63) is 0 Å². The van der Waals surface area contributed by atoms with Gasteiger partial charge in [0.15, 0.2) is 5.78 Å². The molecule has 1 heterocycles. The molecule has 0 aromatic heterocycles. The predicted molar refractivity (Wildman–Crippen MR) is 38.1 cm³/mol. The minimum absolute atomic E-state index is 0.0239. The Bertz CT molecular complexity index is 188. The molecule has 1 fully saturated rings. The van der Waals surface area contributed by atoms with Gasteiger partial charge in [0.25, 0.3) is 0 Å². The molecule has 1 saturated heterocycles. The smallest absolute Gasteiger partial charge is 0.407 e. The SMILES string of the molecule is CC(C)C(=O)[C@H]1COC(=O)N1. The number of rotatable bonds is 2. The summed E-state index contributed by atoms with van der Waals surface area (Å²) in [5.74, 6) is -0.0298. The van der Waals surface area contributed by atoms with E-state index in [1.54, 1.807) is 13.8 Å². The molecular weight excluding hydrogens is 146 g/mol. The van der Waals surface area contributed by atoms with Crippen LogP contribution in [0.3, 0.4) is 0 Å². The minimum Gasteiger partial charge on any atom is -0.447 e. The lowest BCUT2D eigenvalue weighted by molar-refractivity contribution is -0.123. The van der Waals surface area contributed by atoms with E-state index >= 15 is 0 Å². The second-order valence-electron chi connectivity index (χ2n) is 2.85. The average Bonchev–Trinajstić information content (AvgIpc) is 2.34. The zero-order valence-electron chi connectivity index (χ0n) is 6.59. The molecule has 0 aromatic rings. The summed E-state index contributed by atoms with van der Waals surface area (Å²) in [4.78, 5) is 21.7. The van der Waals surface area contributed by atoms with Gasteiger partial charge in [-0.3, -0.25) is 4.79 Å². The minimum atomic E-state index is -0.496. The number of carbonyl (C=O) groups is 2. The van der Waals surface area contributed by atoms with Gasteiger partial charge in [-0.15, -0.1) is 0 Å². The second-order valence-corrected chi connectivity index (χ2v) is 2.85. The highest BCUT2D eigenvalue weighted by molar-refractivity contribution is 5.90. The molecule has 0 spiro atoms. The lowest BCUT2D eigenvalue weighted by Gasteiger charge is -2.07. The Morgan fingerprint density at radius 3 is 2.73 bits per heavy atom. The quantitative estimate of drug-likeness (QED) is 0.628.